The Labute approximate surface area is 231 Å². The van der Waals surface area contributed by atoms with E-state index in [1.54, 1.807) is 37.0 Å². The molecule has 2 N–H and O–H groups in total. The lowest BCUT2D eigenvalue weighted by Crippen LogP contribution is -2.44. The van der Waals surface area contributed by atoms with E-state index in [9.17, 15) is 32.8 Å². The van der Waals surface area contributed by atoms with Crippen molar-refractivity contribution in [1.82, 2.24) is 9.55 Å². The lowest BCUT2D eigenvalue weighted by Gasteiger charge is -2.25. The number of carbonyl (C=O) groups excluding carboxylic acids is 1. The lowest BCUT2D eigenvalue weighted by molar-refractivity contribution is -0.156. The lowest BCUT2D eigenvalue weighted by atomic mass is 9.99. The minimum atomic E-state index is -4.66. The molecule has 218 valence electrons. The highest BCUT2D eigenvalue weighted by atomic mass is 35.5. The van der Waals surface area contributed by atoms with Crippen molar-refractivity contribution < 1.29 is 46.3 Å². The Kier molecular flexibility index (Phi) is 10.3. The van der Waals surface area contributed by atoms with Crippen molar-refractivity contribution in [2.75, 3.05) is 13.3 Å². The van der Waals surface area contributed by atoms with Gasteiger partial charge < -0.3 is 19.1 Å². The maximum Gasteiger partial charge on any atom is 0.530 e. The molecule has 1 aromatic heterocycles. The number of aromatic nitrogens is 2. The van der Waals surface area contributed by atoms with Crippen molar-refractivity contribution in [3.8, 4) is 17.6 Å². The van der Waals surface area contributed by atoms with Gasteiger partial charge in [-0.05, 0) is 32.9 Å². The smallest absolute Gasteiger partial charge is 0.461 e. The van der Waals surface area contributed by atoms with Gasteiger partial charge in [0.2, 0.25) is 5.82 Å². The first-order chi connectivity index (χ1) is 18.8. The van der Waals surface area contributed by atoms with Crippen molar-refractivity contribution >= 4 is 25.4 Å². The second kappa shape index (κ2) is 13.1. The number of aliphatic hydroxyl groups is 1. The van der Waals surface area contributed by atoms with Crippen LogP contribution in [0.5, 0.6) is 5.75 Å². The van der Waals surface area contributed by atoms with Crippen molar-refractivity contribution in [3.63, 3.8) is 0 Å². The number of esters is 1. The minimum absolute atomic E-state index is 0.0387. The van der Waals surface area contributed by atoms with E-state index in [4.69, 9.17) is 34.6 Å². The van der Waals surface area contributed by atoms with Gasteiger partial charge in [0.25, 0.3) is 5.56 Å². The summed E-state index contributed by atoms with van der Waals surface area (Å²) in [5, 5.41) is 10.9. The van der Waals surface area contributed by atoms with Crippen LogP contribution in [0.4, 0.5) is 8.78 Å². The molecule has 1 aliphatic heterocycles. The van der Waals surface area contributed by atoms with Crippen molar-refractivity contribution in [2.24, 2.45) is 0 Å². The molecule has 6 atom stereocenters. The Hall–Kier alpha value is -3.05. The number of nitrogens with one attached hydrogen (secondary N) is 1. The van der Waals surface area contributed by atoms with Crippen molar-refractivity contribution in [2.45, 2.75) is 56.3 Å². The van der Waals surface area contributed by atoms with Gasteiger partial charge in [0.15, 0.2) is 17.2 Å². The van der Waals surface area contributed by atoms with Gasteiger partial charge >= 0.3 is 19.5 Å². The molecule has 1 fully saturated rings. The van der Waals surface area contributed by atoms with E-state index in [0.29, 0.717) is 10.8 Å². The van der Waals surface area contributed by atoms with E-state index >= 15 is 0 Å². The topological polar surface area (TPSA) is 155 Å². The first-order valence-electron chi connectivity index (χ1n) is 11.8. The largest absolute Gasteiger partial charge is 0.530 e. The molecular formula is C24H26ClF2N2O10P. The predicted octanol–water partition coefficient (Wildman–Crippen LogP) is 2.44. The fraction of sp³-hybridized carbons (Fsp3) is 0.458. The van der Waals surface area contributed by atoms with E-state index in [1.807, 2.05) is 5.92 Å². The summed E-state index contributed by atoms with van der Waals surface area (Å²) in [6, 6.07) is 7.65. The average molecular weight is 607 g/mol. The van der Waals surface area contributed by atoms with Crippen LogP contribution < -0.4 is 15.8 Å². The zero-order valence-electron chi connectivity index (χ0n) is 21.4. The van der Waals surface area contributed by atoms with Crippen molar-refractivity contribution in [3.05, 3.63) is 63.2 Å². The summed E-state index contributed by atoms with van der Waals surface area (Å²) in [4.78, 5) is 35.6. The third-order valence-corrected chi connectivity index (χ3v) is 7.28. The van der Waals surface area contributed by atoms with Gasteiger partial charge in [-0.25, -0.2) is 18.5 Å². The highest BCUT2D eigenvalue weighted by Gasteiger charge is 2.57. The summed E-state index contributed by atoms with van der Waals surface area (Å²) < 4.78 is 67.8. The number of nitrogens with zero attached hydrogens (tertiary/aromatic N) is 1. The summed E-state index contributed by atoms with van der Waals surface area (Å²) in [6.45, 7) is 2.46. The van der Waals surface area contributed by atoms with E-state index < -0.39 is 79.7 Å². The highest BCUT2D eigenvalue weighted by molar-refractivity contribution is 7.49. The number of benzene rings is 1. The van der Waals surface area contributed by atoms with E-state index in [1.165, 1.54) is 19.1 Å². The zero-order valence-corrected chi connectivity index (χ0v) is 23.1. The number of para-hydroxylation sites is 1. The Morgan fingerprint density at radius 3 is 2.60 bits per heavy atom. The number of carbonyl (C=O) groups is 1. The molecule has 0 radical (unpaired) electrons. The number of phosphoric acid groups is 1. The number of H-pyrrole nitrogens is 1. The van der Waals surface area contributed by atoms with Crippen LogP contribution in [0, 0.1) is 17.7 Å². The maximum atomic E-state index is 14.0. The average Bonchev–Trinajstić information content (AvgIpc) is 3.13. The molecule has 2 aromatic rings. The normalized spacial score (nSPS) is 24.6. The molecule has 1 saturated heterocycles. The van der Waals surface area contributed by atoms with Gasteiger partial charge in [0.1, 0.15) is 24.6 Å². The maximum absolute atomic E-state index is 14.0. The number of hydrogen-bond acceptors (Lipinski definition) is 10. The number of alkyl halides is 2. The van der Waals surface area contributed by atoms with Gasteiger partial charge in [0.05, 0.1) is 18.9 Å². The quantitative estimate of drug-likeness (QED) is 0.178. The molecule has 40 heavy (non-hydrogen) atoms. The molecule has 2 heterocycles. The first-order valence-corrected chi connectivity index (χ1v) is 13.6. The molecule has 1 aromatic carbocycles. The second-order valence-electron chi connectivity index (χ2n) is 8.70. The molecule has 0 aliphatic carbocycles. The molecule has 0 unspecified atom stereocenters. The van der Waals surface area contributed by atoms with Crippen LogP contribution >= 0.6 is 19.4 Å². The third-order valence-electron chi connectivity index (χ3n) is 5.30. The molecule has 0 saturated carbocycles. The van der Waals surface area contributed by atoms with Crippen LogP contribution in [0.15, 0.2) is 46.1 Å². The van der Waals surface area contributed by atoms with Gasteiger partial charge in [-0.15, -0.1) is 0 Å². The van der Waals surface area contributed by atoms with Crippen molar-refractivity contribution in [1.29, 1.82) is 0 Å². The van der Waals surface area contributed by atoms with Gasteiger partial charge in [-0.2, -0.15) is 4.39 Å². The Bertz CT molecular complexity index is 1430. The fourth-order valence-corrected chi connectivity index (χ4v) is 5.22. The van der Waals surface area contributed by atoms with Gasteiger partial charge in [-0.1, -0.05) is 41.6 Å². The number of aromatic amines is 1. The molecule has 12 nitrogen and oxygen atoms in total. The standard InChI is InChI=1S/C24H26ClF2N2O10P/c1-14(2)36-21(32)15(3)38-40(34,39-16-8-5-4-6-9-16)35-13-18-19(30)24(25,10-7-11-26)22(37-18)29-12-17(27)20(31)28-23(29)33/h4-6,8-9,12,14-15,18-19,22,30H,11,13H2,1-3H3,(H,28,31,33)/t15-,18+,19-,22+,24+,40-/m0/s1. The van der Waals surface area contributed by atoms with Gasteiger partial charge in [0, 0.05) is 0 Å². The number of rotatable bonds is 10. The van der Waals surface area contributed by atoms with Gasteiger partial charge in [-0.3, -0.25) is 23.4 Å². The third kappa shape index (κ3) is 7.37. The molecular weight excluding hydrogens is 581 g/mol. The van der Waals surface area contributed by atoms with Crippen LogP contribution in [-0.2, 0) is 27.9 Å². The fourth-order valence-electron chi connectivity index (χ4n) is 3.51. The Morgan fingerprint density at radius 1 is 1.30 bits per heavy atom. The number of hydrogen-bond donors (Lipinski definition) is 2. The number of phosphoric ester groups is 1. The van der Waals surface area contributed by atoms with E-state index in [-0.39, 0.29) is 5.75 Å². The molecule has 16 heteroatoms. The molecule has 0 amide bonds. The molecule has 0 bridgehead atoms. The monoisotopic (exact) mass is 606 g/mol. The van der Waals surface area contributed by atoms with Crippen LogP contribution in [0.1, 0.15) is 27.0 Å². The van der Waals surface area contributed by atoms with Crippen LogP contribution in [0.2, 0.25) is 0 Å². The Balaban J connectivity index is 1.91. The number of halogens is 3. The summed E-state index contributed by atoms with van der Waals surface area (Å²) in [5.74, 6) is 2.05. The highest BCUT2D eigenvalue weighted by Crippen LogP contribution is 2.52. The summed E-state index contributed by atoms with van der Waals surface area (Å²) in [7, 11) is -4.66. The number of ether oxygens (including phenoxy) is 2. The Morgan fingerprint density at radius 2 is 1.98 bits per heavy atom. The first kappa shape index (κ1) is 31.5. The van der Waals surface area contributed by atoms with Crippen LogP contribution in [0.3, 0.4) is 0 Å². The van der Waals surface area contributed by atoms with E-state index in [2.05, 4.69) is 5.92 Å². The zero-order chi connectivity index (χ0) is 29.7. The summed E-state index contributed by atoms with van der Waals surface area (Å²) in [5.41, 5.74) is -2.49. The number of aliphatic hydroxyl groups excluding tert-OH is 1. The predicted molar refractivity (Wildman–Crippen MR) is 136 cm³/mol. The minimum Gasteiger partial charge on any atom is -0.461 e. The van der Waals surface area contributed by atoms with Crippen LogP contribution in [0.25, 0.3) is 0 Å². The summed E-state index contributed by atoms with van der Waals surface area (Å²) in [6.07, 6.45) is -6.61. The summed E-state index contributed by atoms with van der Waals surface area (Å²) >= 11 is 6.48. The molecule has 3 rings (SSSR count). The van der Waals surface area contributed by atoms with Crippen LogP contribution in [-0.4, -0.2) is 63.2 Å². The second-order valence-corrected chi connectivity index (χ2v) is 10.9. The molecule has 1 aliphatic rings. The SMILES string of the molecule is CC(C)OC(=O)[C@H](C)O[P@](=O)(OC[C@H]1O[C@@H](n2cc(F)c(=O)[nH]c2=O)[C@@](Cl)(C#CCF)[C@H]1O)Oc1ccccc1. The molecule has 0 spiro atoms. The van der Waals surface area contributed by atoms with E-state index in [0.717, 1.165) is 0 Å².